The van der Waals surface area contributed by atoms with E-state index in [1.54, 1.807) is 24.3 Å². The maximum atomic E-state index is 10.2. The molecule has 8 nitrogen and oxygen atoms in total. The molecule has 8 N–H and O–H groups in total. The highest BCUT2D eigenvalue weighted by molar-refractivity contribution is 5.37. The standard InChI is InChI=1S/C22H32N2O6/c25-13-17-9-15(3-5-19(17)27)21(29)11-23-7-1-2-8-24-12-22(30)16-4-6-20(28)18(10-16)14-26/h3-6,9-10,21-30H,1-2,7-8,11-14H2. The molecule has 0 saturated heterocycles. The van der Waals surface area contributed by atoms with Crippen LogP contribution in [0.4, 0.5) is 0 Å². The Morgan fingerprint density at radius 3 is 1.43 bits per heavy atom. The Balaban J connectivity index is 1.59. The Labute approximate surface area is 176 Å². The van der Waals surface area contributed by atoms with E-state index in [0.29, 0.717) is 35.3 Å². The van der Waals surface area contributed by atoms with Crippen LogP contribution in [0.3, 0.4) is 0 Å². The quantitative estimate of drug-likeness (QED) is 0.222. The van der Waals surface area contributed by atoms with Crippen LogP contribution in [0.1, 0.15) is 47.3 Å². The maximum absolute atomic E-state index is 10.2. The number of hydrogen-bond donors (Lipinski definition) is 8. The summed E-state index contributed by atoms with van der Waals surface area (Å²) in [5, 5.41) is 64.2. The van der Waals surface area contributed by atoms with Crippen molar-refractivity contribution >= 4 is 0 Å². The number of aromatic hydroxyl groups is 2. The van der Waals surface area contributed by atoms with Gasteiger partial charge in [-0.25, -0.2) is 0 Å². The van der Waals surface area contributed by atoms with Crippen LogP contribution in [0.5, 0.6) is 11.5 Å². The minimum atomic E-state index is -0.724. The molecule has 0 spiro atoms. The molecule has 0 radical (unpaired) electrons. The van der Waals surface area contributed by atoms with Crippen LogP contribution in [-0.2, 0) is 13.2 Å². The van der Waals surface area contributed by atoms with Gasteiger partial charge in [0.15, 0.2) is 0 Å². The largest absolute Gasteiger partial charge is 0.508 e. The molecule has 0 amide bonds. The second kappa shape index (κ2) is 12.5. The van der Waals surface area contributed by atoms with E-state index < -0.39 is 12.2 Å². The number of nitrogens with one attached hydrogen (secondary N) is 2. The van der Waals surface area contributed by atoms with Crippen molar-refractivity contribution in [2.24, 2.45) is 0 Å². The molecule has 166 valence electrons. The molecule has 0 bridgehead atoms. The van der Waals surface area contributed by atoms with E-state index >= 15 is 0 Å². The van der Waals surface area contributed by atoms with Gasteiger partial charge in [-0.3, -0.25) is 0 Å². The van der Waals surface area contributed by atoms with Crippen LogP contribution in [-0.4, -0.2) is 56.8 Å². The summed E-state index contributed by atoms with van der Waals surface area (Å²) in [6.45, 7) is 1.63. The molecule has 30 heavy (non-hydrogen) atoms. The summed E-state index contributed by atoms with van der Waals surface area (Å²) in [4.78, 5) is 0. The van der Waals surface area contributed by atoms with Crippen LogP contribution in [0.15, 0.2) is 36.4 Å². The number of benzene rings is 2. The van der Waals surface area contributed by atoms with Gasteiger partial charge < -0.3 is 41.3 Å². The Morgan fingerprint density at radius 1 is 0.667 bits per heavy atom. The van der Waals surface area contributed by atoms with E-state index in [1.165, 1.54) is 12.1 Å². The lowest BCUT2D eigenvalue weighted by atomic mass is 10.1. The van der Waals surface area contributed by atoms with Gasteiger partial charge in [-0.05, 0) is 61.3 Å². The van der Waals surface area contributed by atoms with Crippen LogP contribution in [0, 0.1) is 0 Å². The zero-order chi connectivity index (χ0) is 21.9. The second-order valence-corrected chi connectivity index (χ2v) is 7.24. The number of unbranched alkanes of at least 4 members (excludes halogenated alkanes) is 1. The van der Waals surface area contributed by atoms with Gasteiger partial charge in [0.05, 0.1) is 25.4 Å². The molecule has 0 saturated carbocycles. The summed E-state index contributed by atoms with van der Waals surface area (Å²) in [5.41, 5.74) is 2.05. The highest BCUT2D eigenvalue weighted by atomic mass is 16.3. The molecule has 0 heterocycles. The number of rotatable bonds is 13. The molecule has 2 aromatic carbocycles. The molecule has 0 aliphatic heterocycles. The molecule has 0 aromatic heterocycles. The van der Waals surface area contributed by atoms with Crippen molar-refractivity contribution < 1.29 is 30.6 Å². The molecule has 8 heteroatoms. The topological polar surface area (TPSA) is 145 Å². The summed E-state index contributed by atoms with van der Waals surface area (Å²) in [6, 6.07) is 9.38. The predicted molar refractivity (Wildman–Crippen MR) is 113 cm³/mol. The van der Waals surface area contributed by atoms with Gasteiger partial charge in [0.25, 0.3) is 0 Å². The summed E-state index contributed by atoms with van der Waals surface area (Å²) in [6.07, 6.45) is 0.332. The molecule has 0 fully saturated rings. The van der Waals surface area contributed by atoms with Crippen molar-refractivity contribution in [3.05, 3.63) is 58.7 Å². The number of phenols is 2. The Morgan fingerprint density at radius 2 is 1.07 bits per heavy atom. The molecule has 2 aromatic rings. The Bertz CT molecular complexity index is 721. The third-order valence-electron chi connectivity index (χ3n) is 4.95. The minimum Gasteiger partial charge on any atom is -0.508 e. The minimum absolute atomic E-state index is 0.0123. The third kappa shape index (κ3) is 7.24. The first-order valence-corrected chi connectivity index (χ1v) is 10.1. The van der Waals surface area contributed by atoms with E-state index in [1.807, 2.05) is 0 Å². The van der Waals surface area contributed by atoms with Crippen LogP contribution >= 0.6 is 0 Å². The van der Waals surface area contributed by atoms with E-state index in [4.69, 9.17) is 0 Å². The van der Waals surface area contributed by atoms with Crippen molar-refractivity contribution in [3.8, 4) is 11.5 Å². The van der Waals surface area contributed by atoms with Crippen molar-refractivity contribution in [2.75, 3.05) is 26.2 Å². The van der Waals surface area contributed by atoms with Crippen molar-refractivity contribution in [2.45, 2.75) is 38.3 Å². The summed E-state index contributed by atoms with van der Waals surface area (Å²) >= 11 is 0. The Hall–Kier alpha value is -2.20. The van der Waals surface area contributed by atoms with Gasteiger partial charge in [0.1, 0.15) is 11.5 Å². The van der Waals surface area contributed by atoms with Gasteiger partial charge in [0.2, 0.25) is 0 Å². The fourth-order valence-corrected chi connectivity index (χ4v) is 3.09. The van der Waals surface area contributed by atoms with Gasteiger partial charge in [0, 0.05) is 24.2 Å². The normalized spacial score (nSPS) is 13.3. The predicted octanol–water partition coefficient (Wildman–Crippen LogP) is 0.809. The monoisotopic (exact) mass is 420 g/mol. The Kier molecular flexibility index (Phi) is 10.0. The fraction of sp³-hybridized carbons (Fsp3) is 0.455. The number of aliphatic hydroxyl groups is 4. The summed E-state index contributed by atoms with van der Waals surface area (Å²) in [5.74, 6) is 0.0246. The lowest BCUT2D eigenvalue weighted by Crippen LogP contribution is -2.25. The molecular weight excluding hydrogens is 388 g/mol. The van der Waals surface area contributed by atoms with Crippen LogP contribution in [0.2, 0.25) is 0 Å². The molecule has 2 rings (SSSR count). The molecule has 2 unspecified atom stereocenters. The SMILES string of the molecule is OCc1cc(C(O)CNCCCCNCC(O)c2ccc(O)c(CO)c2)ccc1O. The highest BCUT2D eigenvalue weighted by Crippen LogP contribution is 2.23. The van der Waals surface area contributed by atoms with Crippen molar-refractivity contribution in [1.29, 1.82) is 0 Å². The second-order valence-electron chi connectivity index (χ2n) is 7.24. The molecule has 0 aliphatic rings. The molecular formula is C22H32N2O6. The summed E-state index contributed by atoms with van der Waals surface area (Å²) < 4.78 is 0. The van der Waals surface area contributed by atoms with Crippen LogP contribution < -0.4 is 10.6 Å². The molecule has 0 aliphatic carbocycles. The first-order chi connectivity index (χ1) is 14.5. The lowest BCUT2D eigenvalue weighted by molar-refractivity contribution is 0.172. The summed E-state index contributed by atoms with van der Waals surface area (Å²) in [7, 11) is 0. The maximum Gasteiger partial charge on any atom is 0.121 e. The average Bonchev–Trinajstić information content (AvgIpc) is 2.75. The third-order valence-corrected chi connectivity index (χ3v) is 4.95. The lowest BCUT2D eigenvalue weighted by Gasteiger charge is -2.15. The fourth-order valence-electron chi connectivity index (χ4n) is 3.09. The first kappa shape index (κ1) is 24.1. The van der Waals surface area contributed by atoms with Gasteiger partial charge >= 0.3 is 0 Å². The highest BCUT2D eigenvalue weighted by Gasteiger charge is 2.11. The van der Waals surface area contributed by atoms with E-state index in [-0.39, 0.29) is 24.7 Å². The van der Waals surface area contributed by atoms with Gasteiger partial charge in [-0.2, -0.15) is 0 Å². The van der Waals surface area contributed by atoms with E-state index in [2.05, 4.69) is 10.6 Å². The zero-order valence-electron chi connectivity index (χ0n) is 17.0. The molecule has 2 atom stereocenters. The van der Waals surface area contributed by atoms with Gasteiger partial charge in [-0.15, -0.1) is 0 Å². The smallest absolute Gasteiger partial charge is 0.121 e. The van der Waals surface area contributed by atoms with Crippen molar-refractivity contribution in [1.82, 2.24) is 10.6 Å². The number of aliphatic hydroxyl groups excluding tert-OH is 4. The van der Waals surface area contributed by atoms with E-state index in [9.17, 15) is 30.6 Å². The van der Waals surface area contributed by atoms with Crippen LogP contribution in [0.25, 0.3) is 0 Å². The first-order valence-electron chi connectivity index (χ1n) is 10.1. The van der Waals surface area contributed by atoms with E-state index in [0.717, 1.165) is 25.9 Å². The average molecular weight is 421 g/mol. The number of hydrogen-bond acceptors (Lipinski definition) is 8. The van der Waals surface area contributed by atoms with Gasteiger partial charge in [-0.1, -0.05) is 12.1 Å². The zero-order valence-corrected chi connectivity index (χ0v) is 17.0. The van der Waals surface area contributed by atoms with Crippen molar-refractivity contribution in [3.63, 3.8) is 0 Å².